The Balaban J connectivity index is 2.59. The van der Waals surface area contributed by atoms with E-state index in [0.717, 1.165) is 6.21 Å². The molecule has 2 heterocycles. The molecule has 0 unspecified atom stereocenters. The Morgan fingerprint density at radius 3 is 2.50 bits per heavy atom. The summed E-state index contributed by atoms with van der Waals surface area (Å²) in [5, 5.41) is 10.3. The maximum atomic E-state index is 13.7. The first-order valence-electron chi connectivity index (χ1n) is 12.5. The normalized spacial score (nSPS) is 17.0. The minimum absolute atomic E-state index is 0.0792. The molecular weight excluding hydrogens is 462 g/mol. The fraction of sp³-hybridized carbons (Fsp3) is 0.615. The van der Waals surface area contributed by atoms with Crippen molar-refractivity contribution in [1.29, 1.82) is 5.41 Å². The zero-order valence-electron chi connectivity index (χ0n) is 22.2. The van der Waals surface area contributed by atoms with Gasteiger partial charge in [0.15, 0.2) is 0 Å². The Bertz CT molecular complexity index is 953. The van der Waals surface area contributed by atoms with E-state index in [4.69, 9.17) is 19.9 Å². The number of hydrogen-bond donors (Lipinski definition) is 2. The molecule has 2 atom stereocenters. The van der Waals surface area contributed by atoms with E-state index < -0.39 is 35.2 Å². The number of nitrogens with zero attached hydrogens (tertiary/aromatic N) is 3. The van der Waals surface area contributed by atoms with Crippen LogP contribution in [0.5, 0.6) is 0 Å². The molecule has 0 spiro atoms. The third kappa shape index (κ3) is 7.60. The fourth-order valence-electron chi connectivity index (χ4n) is 4.19. The topological polar surface area (TPSA) is 134 Å². The van der Waals surface area contributed by atoms with Crippen LogP contribution in [0.3, 0.4) is 0 Å². The Morgan fingerprint density at radius 1 is 1.28 bits per heavy atom. The summed E-state index contributed by atoms with van der Waals surface area (Å²) in [5.74, 6) is -1.27. The quantitative estimate of drug-likeness (QED) is 0.360. The number of amides is 2. The highest BCUT2D eigenvalue weighted by molar-refractivity contribution is 6.05. The second-order valence-corrected chi connectivity index (χ2v) is 9.86. The summed E-state index contributed by atoms with van der Waals surface area (Å²) in [7, 11) is 0. The van der Waals surface area contributed by atoms with Gasteiger partial charge in [-0.25, -0.2) is 9.79 Å². The molecule has 0 aliphatic carbocycles. The molecule has 0 fully saturated rings. The molecule has 0 aromatic carbocycles. The van der Waals surface area contributed by atoms with Gasteiger partial charge in [0.2, 0.25) is 11.9 Å². The molecule has 198 valence electrons. The van der Waals surface area contributed by atoms with Crippen LogP contribution in [0.2, 0.25) is 0 Å². The summed E-state index contributed by atoms with van der Waals surface area (Å²) in [6.45, 7) is 11.1. The number of esters is 1. The van der Waals surface area contributed by atoms with Gasteiger partial charge in [-0.2, -0.15) is 0 Å². The van der Waals surface area contributed by atoms with Crippen LogP contribution in [0, 0.1) is 11.3 Å². The molecule has 0 radical (unpaired) electrons. The average Bonchev–Trinajstić information content (AvgIpc) is 2.81. The van der Waals surface area contributed by atoms with Crippen molar-refractivity contribution in [3.05, 3.63) is 30.1 Å². The van der Waals surface area contributed by atoms with Crippen molar-refractivity contribution in [3.8, 4) is 0 Å². The highest BCUT2D eigenvalue weighted by atomic mass is 16.6. The van der Waals surface area contributed by atoms with Gasteiger partial charge in [0, 0.05) is 12.4 Å². The molecule has 2 rings (SSSR count). The lowest BCUT2D eigenvalue weighted by molar-refractivity contribution is -0.149. The van der Waals surface area contributed by atoms with Gasteiger partial charge < -0.3 is 14.9 Å². The van der Waals surface area contributed by atoms with Gasteiger partial charge in [-0.3, -0.25) is 24.8 Å². The first kappa shape index (κ1) is 28.9. The summed E-state index contributed by atoms with van der Waals surface area (Å²) < 4.78 is 10.7. The van der Waals surface area contributed by atoms with Crippen molar-refractivity contribution >= 4 is 30.1 Å². The number of guanidine groups is 1. The number of aromatic nitrogens is 1. The van der Waals surface area contributed by atoms with Crippen LogP contribution in [0.25, 0.3) is 0 Å². The van der Waals surface area contributed by atoms with Crippen molar-refractivity contribution in [1.82, 2.24) is 15.2 Å². The van der Waals surface area contributed by atoms with Gasteiger partial charge in [-0.15, -0.1) is 0 Å². The molecule has 0 bridgehead atoms. The van der Waals surface area contributed by atoms with Crippen molar-refractivity contribution in [2.45, 2.75) is 90.8 Å². The third-order valence-corrected chi connectivity index (χ3v) is 6.16. The number of carbonyl (C=O) groups excluding carboxylic acids is 3. The van der Waals surface area contributed by atoms with Crippen LogP contribution < -0.4 is 5.32 Å². The number of alkyl carbamates (subject to hydrolysis) is 1. The number of nitrogens with one attached hydrogen (secondary N) is 2. The first-order valence-corrected chi connectivity index (χ1v) is 12.5. The van der Waals surface area contributed by atoms with E-state index in [-0.39, 0.29) is 37.7 Å². The maximum absolute atomic E-state index is 13.7. The largest absolute Gasteiger partial charge is 0.466 e. The fourth-order valence-corrected chi connectivity index (χ4v) is 4.19. The molecule has 1 aromatic rings. The van der Waals surface area contributed by atoms with Crippen LogP contribution >= 0.6 is 0 Å². The lowest BCUT2D eigenvalue weighted by Crippen LogP contribution is -2.56. The molecule has 2 N–H and O–H groups in total. The molecule has 0 saturated carbocycles. The monoisotopic (exact) mass is 501 g/mol. The van der Waals surface area contributed by atoms with Crippen LogP contribution in [-0.4, -0.2) is 57.8 Å². The van der Waals surface area contributed by atoms with Crippen LogP contribution in [0.1, 0.15) is 85.3 Å². The van der Waals surface area contributed by atoms with E-state index in [0.29, 0.717) is 18.4 Å². The number of rotatable bonds is 10. The SMILES string of the molecule is CCOC(=O)[C@@H](CC=N)C[C@@H](c1cccnc1)N1C(=O)CC(CC)(CC)N=C1NC(=O)OC(C)(C)C. The Labute approximate surface area is 213 Å². The summed E-state index contributed by atoms with van der Waals surface area (Å²) in [6, 6.07) is 2.87. The molecule has 1 aliphatic rings. The molecule has 0 saturated heterocycles. The van der Waals surface area contributed by atoms with E-state index in [1.54, 1.807) is 46.2 Å². The third-order valence-electron chi connectivity index (χ3n) is 6.16. The van der Waals surface area contributed by atoms with E-state index in [1.165, 1.54) is 4.90 Å². The van der Waals surface area contributed by atoms with Crippen LogP contribution in [-0.2, 0) is 19.1 Å². The second-order valence-electron chi connectivity index (χ2n) is 9.86. The molecular formula is C26H39N5O5. The van der Waals surface area contributed by atoms with Gasteiger partial charge >= 0.3 is 12.1 Å². The summed E-state index contributed by atoms with van der Waals surface area (Å²) in [5.41, 5.74) is -0.737. The lowest BCUT2D eigenvalue weighted by Gasteiger charge is -2.41. The van der Waals surface area contributed by atoms with Gasteiger partial charge in [0.1, 0.15) is 5.60 Å². The summed E-state index contributed by atoms with van der Waals surface area (Å²) >= 11 is 0. The standard InChI is InChI=1S/C26H39N5O5/c1-7-26(8-2)16-21(32)31(23(30-26)29-24(34)36-25(4,5)6)20(19-11-10-14-28-17-19)15-18(12-13-27)22(33)35-9-3/h10-11,13-14,17-18,20,27H,7-9,12,15-16H2,1-6H3,(H,29,30,34)/t18-,20-/m0/s1. The number of aliphatic imine (C=N–C) groups is 1. The smallest absolute Gasteiger partial charge is 0.414 e. The highest BCUT2D eigenvalue weighted by Crippen LogP contribution is 2.36. The highest BCUT2D eigenvalue weighted by Gasteiger charge is 2.43. The van der Waals surface area contributed by atoms with Crippen LogP contribution in [0.4, 0.5) is 4.79 Å². The average molecular weight is 502 g/mol. The predicted octanol–water partition coefficient (Wildman–Crippen LogP) is 4.40. The van der Waals surface area contributed by atoms with E-state index >= 15 is 0 Å². The minimum Gasteiger partial charge on any atom is -0.466 e. The Hall–Kier alpha value is -3.30. The minimum atomic E-state index is -0.748. The van der Waals surface area contributed by atoms with Gasteiger partial charge in [-0.05, 0) is 71.2 Å². The number of ether oxygens (including phenoxy) is 2. The maximum Gasteiger partial charge on any atom is 0.414 e. The molecule has 1 aromatic heterocycles. The number of hydrogen-bond acceptors (Lipinski definition) is 8. The Kier molecular flexibility index (Phi) is 10.1. The molecule has 2 amide bonds. The van der Waals surface area contributed by atoms with Crippen molar-refractivity contribution in [2.75, 3.05) is 6.61 Å². The summed E-state index contributed by atoms with van der Waals surface area (Å²) in [4.78, 5) is 49.7. The zero-order chi connectivity index (χ0) is 26.9. The zero-order valence-corrected chi connectivity index (χ0v) is 22.2. The van der Waals surface area contributed by atoms with Gasteiger partial charge in [0.05, 0.1) is 30.5 Å². The second kappa shape index (κ2) is 12.6. The van der Waals surface area contributed by atoms with Crippen molar-refractivity contribution in [2.24, 2.45) is 10.9 Å². The van der Waals surface area contributed by atoms with E-state index in [2.05, 4.69) is 10.3 Å². The first-order chi connectivity index (χ1) is 17.0. The summed E-state index contributed by atoms with van der Waals surface area (Å²) in [6.07, 6.45) is 5.36. The lowest BCUT2D eigenvalue weighted by atomic mass is 9.86. The van der Waals surface area contributed by atoms with Crippen molar-refractivity contribution in [3.63, 3.8) is 0 Å². The van der Waals surface area contributed by atoms with Crippen molar-refractivity contribution < 1.29 is 23.9 Å². The number of pyridine rings is 1. The molecule has 10 heteroatoms. The van der Waals surface area contributed by atoms with Gasteiger partial charge in [0.25, 0.3) is 0 Å². The molecule has 10 nitrogen and oxygen atoms in total. The molecule has 1 aliphatic heterocycles. The number of carbonyl (C=O) groups is 3. The van der Waals surface area contributed by atoms with E-state index in [1.807, 2.05) is 19.9 Å². The Morgan fingerprint density at radius 2 is 1.97 bits per heavy atom. The van der Waals surface area contributed by atoms with E-state index in [9.17, 15) is 14.4 Å². The molecule has 36 heavy (non-hydrogen) atoms. The van der Waals surface area contributed by atoms with Gasteiger partial charge in [-0.1, -0.05) is 19.9 Å². The van der Waals surface area contributed by atoms with Crippen LogP contribution in [0.15, 0.2) is 29.5 Å². The predicted molar refractivity (Wildman–Crippen MR) is 137 cm³/mol.